The smallest absolute Gasteiger partial charge is 0.319 e. The van der Waals surface area contributed by atoms with Gasteiger partial charge in [0, 0.05) is 50.6 Å². The van der Waals surface area contributed by atoms with Crippen molar-refractivity contribution in [3.63, 3.8) is 0 Å². The molecule has 4 rings (SSSR count). The molecule has 0 unspecified atom stereocenters. The molecule has 3 N–H and O–H groups in total. The van der Waals surface area contributed by atoms with Gasteiger partial charge in [-0.2, -0.15) is 0 Å². The molecule has 8 heteroatoms. The Hall–Kier alpha value is -4.20. The number of unbranched alkanes of at least 4 members (excludes halogenated alkanes) is 1. The van der Waals surface area contributed by atoms with Crippen LogP contribution in [0.4, 0.5) is 21.9 Å². The van der Waals surface area contributed by atoms with Crippen LogP contribution < -0.4 is 30.5 Å². The molecule has 0 radical (unpaired) electrons. The summed E-state index contributed by atoms with van der Waals surface area (Å²) < 4.78 is 5.55. The standard InChI is InChI=1S/C30H37N5O3/c1-3-4-16-31-30(37)33-24-14-15-26(25(21-24)29(36)32-22-23-10-6-5-7-11-23)34-17-19-35(20-18-34)27-12-8-9-13-28(27)38-2/h5-15,21H,3-4,16-20,22H2,1-2H3,(H,32,36)(H2,31,33,37). The minimum atomic E-state index is -0.271. The van der Waals surface area contributed by atoms with Gasteiger partial charge in [0.2, 0.25) is 0 Å². The van der Waals surface area contributed by atoms with Crippen molar-refractivity contribution in [2.24, 2.45) is 0 Å². The Morgan fingerprint density at radius 3 is 2.24 bits per heavy atom. The largest absolute Gasteiger partial charge is 0.495 e. The van der Waals surface area contributed by atoms with Gasteiger partial charge in [0.05, 0.1) is 18.4 Å². The highest BCUT2D eigenvalue weighted by Gasteiger charge is 2.24. The highest BCUT2D eigenvalue weighted by atomic mass is 16.5. The van der Waals surface area contributed by atoms with E-state index in [4.69, 9.17) is 4.74 Å². The van der Waals surface area contributed by atoms with Gasteiger partial charge in [0.15, 0.2) is 0 Å². The van der Waals surface area contributed by atoms with E-state index in [1.807, 2.05) is 60.7 Å². The van der Waals surface area contributed by atoms with Crippen LogP contribution in [0.3, 0.4) is 0 Å². The molecule has 200 valence electrons. The molecule has 1 heterocycles. The Morgan fingerprint density at radius 2 is 1.53 bits per heavy atom. The Bertz CT molecular complexity index is 1210. The second kappa shape index (κ2) is 13.4. The number of amides is 3. The number of rotatable bonds is 10. The van der Waals surface area contributed by atoms with E-state index in [1.165, 1.54) is 0 Å². The molecule has 1 aliphatic rings. The van der Waals surface area contributed by atoms with Gasteiger partial charge < -0.3 is 30.5 Å². The number of piperazine rings is 1. The maximum Gasteiger partial charge on any atom is 0.319 e. The van der Waals surface area contributed by atoms with Gasteiger partial charge in [-0.1, -0.05) is 55.8 Å². The summed E-state index contributed by atoms with van der Waals surface area (Å²) in [6.45, 7) is 6.21. The molecule has 1 saturated heterocycles. The molecule has 1 fully saturated rings. The van der Waals surface area contributed by atoms with E-state index in [0.29, 0.717) is 24.3 Å². The van der Waals surface area contributed by atoms with E-state index >= 15 is 0 Å². The summed E-state index contributed by atoms with van der Waals surface area (Å²) in [5, 5.41) is 8.77. The molecule has 3 amide bonds. The maximum atomic E-state index is 13.4. The monoisotopic (exact) mass is 515 g/mol. The lowest BCUT2D eigenvalue weighted by molar-refractivity contribution is 0.0951. The summed E-state index contributed by atoms with van der Waals surface area (Å²) in [5.74, 6) is 0.681. The van der Waals surface area contributed by atoms with Crippen LogP contribution in [0.25, 0.3) is 0 Å². The fraction of sp³-hybridized carbons (Fsp3) is 0.333. The first-order chi connectivity index (χ1) is 18.6. The second-order valence-electron chi connectivity index (χ2n) is 9.28. The molecule has 0 bridgehead atoms. The Kier molecular flexibility index (Phi) is 9.45. The van der Waals surface area contributed by atoms with Crippen LogP contribution in [0.5, 0.6) is 5.75 Å². The number of urea groups is 1. The summed E-state index contributed by atoms with van der Waals surface area (Å²) in [6.07, 6.45) is 1.92. The summed E-state index contributed by atoms with van der Waals surface area (Å²) in [7, 11) is 1.69. The van der Waals surface area contributed by atoms with Gasteiger partial charge >= 0.3 is 6.03 Å². The number of anilines is 3. The Morgan fingerprint density at radius 1 is 0.842 bits per heavy atom. The van der Waals surface area contributed by atoms with E-state index in [9.17, 15) is 9.59 Å². The maximum absolute atomic E-state index is 13.4. The molecule has 8 nitrogen and oxygen atoms in total. The summed E-state index contributed by atoms with van der Waals surface area (Å²) in [6, 6.07) is 23.1. The van der Waals surface area contributed by atoms with Crippen molar-refractivity contribution < 1.29 is 14.3 Å². The second-order valence-corrected chi connectivity index (χ2v) is 9.28. The quantitative estimate of drug-likeness (QED) is 0.335. The first-order valence-electron chi connectivity index (χ1n) is 13.2. The molecule has 1 aliphatic heterocycles. The number of nitrogens with one attached hydrogen (secondary N) is 3. The van der Waals surface area contributed by atoms with Crippen molar-refractivity contribution in [1.82, 2.24) is 10.6 Å². The molecule has 0 aromatic heterocycles. The third kappa shape index (κ3) is 6.97. The predicted octanol–water partition coefficient (Wildman–Crippen LogP) is 4.87. The summed E-state index contributed by atoms with van der Waals surface area (Å²) in [5.41, 5.74) is 4.08. The third-order valence-electron chi connectivity index (χ3n) is 6.66. The SMILES string of the molecule is CCCCNC(=O)Nc1ccc(N2CCN(c3ccccc3OC)CC2)c(C(=O)NCc2ccccc2)c1. The van der Waals surface area contributed by atoms with Crippen molar-refractivity contribution in [3.8, 4) is 5.75 Å². The van der Waals surface area contributed by atoms with Crippen LogP contribution in [0, 0.1) is 0 Å². The Balaban J connectivity index is 1.50. The number of nitrogens with zero attached hydrogens (tertiary/aromatic N) is 2. The minimum Gasteiger partial charge on any atom is -0.495 e. The van der Waals surface area contributed by atoms with E-state index in [2.05, 4.69) is 38.7 Å². The highest BCUT2D eigenvalue weighted by molar-refractivity contribution is 6.02. The zero-order valence-corrected chi connectivity index (χ0v) is 22.2. The number of benzene rings is 3. The van der Waals surface area contributed by atoms with Gasteiger partial charge in [-0.15, -0.1) is 0 Å². The first kappa shape index (κ1) is 26.9. The zero-order chi connectivity index (χ0) is 26.7. The van der Waals surface area contributed by atoms with E-state index in [1.54, 1.807) is 13.2 Å². The van der Waals surface area contributed by atoms with Crippen molar-refractivity contribution in [2.45, 2.75) is 26.3 Å². The highest BCUT2D eigenvalue weighted by Crippen LogP contribution is 2.31. The molecule has 0 atom stereocenters. The van der Waals surface area contributed by atoms with Crippen molar-refractivity contribution in [1.29, 1.82) is 0 Å². The lowest BCUT2D eigenvalue weighted by Crippen LogP contribution is -2.47. The normalized spacial score (nSPS) is 13.1. The number of hydrogen-bond donors (Lipinski definition) is 3. The third-order valence-corrected chi connectivity index (χ3v) is 6.66. The topological polar surface area (TPSA) is 85.9 Å². The molecule has 0 spiro atoms. The zero-order valence-electron chi connectivity index (χ0n) is 22.2. The number of para-hydroxylation sites is 2. The fourth-order valence-corrected chi connectivity index (χ4v) is 4.58. The van der Waals surface area contributed by atoms with E-state index < -0.39 is 0 Å². The van der Waals surface area contributed by atoms with Crippen LogP contribution in [0.1, 0.15) is 35.7 Å². The number of methoxy groups -OCH3 is 1. The number of carbonyl (C=O) groups is 2. The van der Waals surface area contributed by atoms with Crippen LogP contribution in [0.15, 0.2) is 72.8 Å². The average molecular weight is 516 g/mol. The Labute approximate surface area is 225 Å². The van der Waals surface area contributed by atoms with Crippen LogP contribution in [0.2, 0.25) is 0 Å². The lowest BCUT2D eigenvalue weighted by Gasteiger charge is -2.38. The molecule has 3 aromatic rings. The first-order valence-corrected chi connectivity index (χ1v) is 13.2. The van der Waals surface area contributed by atoms with Gasteiger partial charge in [-0.25, -0.2) is 4.79 Å². The molecule has 3 aromatic carbocycles. The van der Waals surface area contributed by atoms with Crippen molar-refractivity contribution in [2.75, 3.05) is 55.0 Å². The van der Waals surface area contributed by atoms with Gasteiger partial charge in [0.25, 0.3) is 5.91 Å². The average Bonchev–Trinajstić information content (AvgIpc) is 2.96. The molecule has 0 saturated carbocycles. The molecule has 0 aliphatic carbocycles. The number of ether oxygens (including phenoxy) is 1. The minimum absolute atomic E-state index is 0.175. The molecular formula is C30H37N5O3. The van der Waals surface area contributed by atoms with Gasteiger partial charge in [-0.05, 0) is 42.3 Å². The number of hydrogen-bond acceptors (Lipinski definition) is 5. The van der Waals surface area contributed by atoms with E-state index in [-0.39, 0.29) is 11.9 Å². The number of carbonyl (C=O) groups excluding carboxylic acids is 2. The van der Waals surface area contributed by atoms with Gasteiger partial charge in [0.1, 0.15) is 5.75 Å². The summed E-state index contributed by atoms with van der Waals surface area (Å²) in [4.78, 5) is 30.3. The van der Waals surface area contributed by atoms with Gasteiger partial charge in [-0.3, -0.25) is 4.79 Å². The molecular weight excluding hydrogens is 478 g/mol. The van der Waals surface area contributed by atoms with Crippen LogP contribution >= 0.6 is 0 Å². The van der Waals surface area contributed by atoms with E-state index in [0.717, 1.165) is 61.7 Å². The summed E-state index contributed by atoms with van der Waals surface area (Å²) >= 11 is 0. The van der Waals surface area contributed by atoms with Crippen molar-refractivity contribution in [3.05, 3.63) is 83.9 Å². The van der Waals surface area contributed by atoms with Crippen molar-refractivity contribution >= 4 is 29.0 Å². The van der Waals surface area contributed by atoms with Crippen LogP contribution in [-0.2, 0) is 6.54 Å². The molecule has 38 heavy (non-hydrogen) atoms. The fourth-order valence-electron chi connectivity index (χ4n) is 4.58. The lowest BCUT2D eigenvalue weighted by atomic mass is 10.1. The predicted molar refractivity (Wildman–Crippen MR) is 153 cm³/mol. The van der Waals surface area contributed by atoms with Crippen LogP contribution in [-0.4, -0.2) is 51.8 Å².